The molecule has 1 spiro atoms. The number of carbonyl (C=O) groups is 2. The van der Waals surface area contributed by atoms with Gasteiger partial charge in [-0.2, -0.15) is 0 Å². The zero-order valence-corrected chi connectivity index (χ0v) is 14.8. The van der Waals surface area contributed by atoms with Crippen LogP contribution in [0.25, 0.3) is 0 Å². The van der Waals surface area contributed by atoms with E-state index in [1.807, 2.05) is 0 Å². The molecule has 0 radical (unpaired) electrons. The lowest BCUT2D eigenvalue weighted by Crippen LogP contribution is -2.52. The zero-order chi connectivity index (χ0) is 16.6. The highest BCUT2D eigenvalue weighted by Crippen LogP contribution is 2.73. The Hall–Kier alpha value is -1.12. The van der Waals surface area contributed by atoms with Gasteiger partial charge in [0, 0.05) is 6.54 Å². The molecule has 0 aromatic rings. The monoisotopic (exact) mass is 337 g/mol. The molecule has 1 aliphatic heterocycles. The minimum Gasteiger partial charge on any atom is -0.282 e. The largest absolute Gasteiger partial charge is 0.282 e. The lowest BCUT2D eigenvalue weighted by atomic mass is 9.49. The van der Waals surface area contributed by atoms with Crippen LogP contribution in [0.15, 0.2) is 12.2 Å². The van der Waals surface area contributed by atoms with Crippen LogP contribution in [0.2, 0.25) is 0 Å². The summed E-state index contributed by atoms with van der Waals surface area (Å²) in [6, 6.07) is 0. The Morgan fingerprint density at radius 3 is 1.76 bits per heavy atom. The van der Waals surface area contributed by atoms with Crippen LogP contribution in [0.1, 0.15) is 51.4 Å². The first-order chi connectivity index (χ1) is 12.1. The zero-order valence-electron chi connectivity index (χ0n) is 14.8. The summed E-state index contributed by atoms with van der Waals surface area (Å²) in [4.78, 5) is 28.4. The molecule has 7 fully saturated rings. The molecule has 1 heterocycles. The van der Waals surface area contributed by atoms with Crippen molar-refractivity contribution in [3.8, 4) is 0 Å². The molecular weight excluding hydrogens is 310 g/mol. The van der Waals surface area contributed by atoms with Crippen molar-refractivity contribution in [2.75, 3.05) is 6.54 Å². The Balaban J connectivity index is 1.20. The van der Waals surface area contributed by atoms with Crippen molar-refractivity contribution in [2.24, 2.45) is 52.3 Å². The predicted molar refractivity (Wildman–Crippen MR) is 92.1 cm³/mol. The molecule has 4 atom stereocenters. The molecule has 6 bridgehead atoms. The van der Waals surface area contributed by atoms with Gasteiger partial charge in [0.15, 0.2) is 0 Å². The molecule has 3 nitrogen and oxygen atoms in total. The van der Waals surface area contributed by atoms with Gasteiger partial charge in [-0.25, -0.2) is 0 Å². The van der Waals surface area contributed by atoms with Crippen LogP contribution >= 0.6 is 0 Å². The Bertz CT molecular complexity index is 663. The van der Waals surface area contributed by atoms with Crippen LogP contribution in [0.3, 0.4) is 0 Å². The minimum atomic E-state index is -0.00101. The van der Waals surface area contributed by atoms with Crippen molar-refractivity contribution >= 4 is 11.8 Å². The van der Waals surface area contributed by atoms with E-state index >= 15 is 0 Å². The second-order valence-electron chi connectivity index (χ2n) is 10.9. The molecule has 0 unspecified atom stereocenters. The quantitative estimate of drug-likeness (QED) is 0.572. The standard InChI is InChI=1S/C22H27NO2/c24-19-17-15-1-2-16(22(15)3-4-22)18(17)20(25)23(19)11-21-8-12-5-13(9-21)7-14(6-12)10-21/h1-2,12-18H,3-11H2/t12?,13?,14?,15-,16+,17-,18-,21?/m1/s1. The third kappa shape index (κ3) is 1.52. The number of likely N-dealkylation sites (tertiary alicyclic amines) is 1. The number of rotatable bonds is 2. The predicted octanol–water partition coefficient (Wildman–Crippen LogP) is 3.40. The SMILES string of the molecule is O=C1[C@H]2[C@H](C(=O)N1CC13CC4CC(CC(C4)C1)C3)[C@@H]1C=C[C@H]2C12CC2. The fourth-order valence-electron chi connectivity index (χ4n) is 9.12. The van der Waals surface area contributed by atoms with E-state index in [4.69, 9.17) is 0 Å². The van der Waals surface area contributed by atoms with E-state index < -0.39 is 0 Å². The van der Waals surface area contributed by atoms with E-state index in [-0.39, 0.29) is 29.1 Å². The molecular formula is C22H27NO2. The van der Waals surface area contributed by atoms with Crippen molar-refractivity contribution in [2.45, 2.75) is 51.4 Å². The van der Waals surface area contributed by atoms with Gasteiger partial charge >= 0.3 is 0 Å². The number of amides is 2. The number of nitrogens with zero attached hydrogens (tertiary/aromatic N) is 1. The second kappa shape index (κ2) is 4.07. The third-order valence-corrected chi connectivity index (χ3v) is 9.60. The molecule has 7 aliphatic carbocycles. The van der Waals surface area contributed by atoms with E-state index in [1.54, 1.807) is 4.90 Å². The number of hydrogen-bond donors (Lipinski definition) is 0. The molecule has 2 amide bonds. The van der Waals surface area contributed by atoms with E-state index in [1.165, 1.54) is 51.4 Å². The molecule has 25 heavy (non-hydrogen) atoms. The van der Waals surface area contributed by atoms with Gasteiger partial charge in [0.2, 0.25) is 11.8 Å². The summed E-state index contributed by atoms with van der Waals surface area (Å²) in [5.74, 6) is 3.80. The minimum absolute atomic E-state index is 0.00101. The van der Waals surface area contributed by atoms with E-state index in [0.717, 1.165) is 24.3 Å². The maximum absolute atomic E-state index is 13.3. The van der Waals surface area contributed by atoms with Crippen molar-refractivity contribution in [3.63, 3.8) is 0 Å². The fraction of sp³-hybridized carbons (Fsp3) is 0.818. The van der Waals surface area contributed by atoms with E-state index in [2.05, 4.69) is 12.2 Å². The van der Waals surface area contributed by atoms with Crippen LogP contribution in [0.5, 0.6) is 0 Å². The summed E-state index contributed by atoms with van der Waals surface area (Å²) in [7, 11) is 0. The Morgan fingerprint density at radius 2 is 1.32 bits per heavy atom. The van der Waals surface area contributed by atoms with Gasteiger partial charge in [-0.15, -0.1) is 0 Å². The van der Waals surface area contributed by atoms with Crippen LogP contribution in [-0.2, 0) is 9.59 Å². The van der Waals surface area contributed by atoms with Crippen LogP contribution in [0, 0.1) is 52.3 Å². The van der Waals surface area contributed by atoms with Crippen molar-refractivity contribution < 1.29 is 9.59 Å². The average Bonchev–Trinajstić information content (AvgIpc) is 3.17. The number of carbonyl (C=O) groups excluding carboxylic acids is 2. The maximum Gasteiger partial charge on any atom is 0.233 e. The molecule has 132 valence electrons. The lowest BCUT2D eigenvalue weighted by Gasteiger charge is -2.57. The summed E-state index contributed by atoms with van der Waals surface area (Å²) < 4.78 is 0. The van der Waals surface area contributed by atoms with Gasteiger partial charge in [-0.1, -0.05) is 12.2 Å². The Labute approximate surface area is 149 Å². The molecule has 6 saturated carbocycles. The molecule has 0 N–H and O–H groups in total. The van der Waals surface area contributed by atoms with Gasteiger partial charge in [0.1, 0.15) is 0 Å². The third-order valence-electron chi connectivity index (χ3n) is 9.60. The van der Waals surface area contributed by atoms with Gasteiger partial charge in [-0.3, -0.25) is 14.5 Å². The Morgan fingerprint density at radius 1 is 0.840 bits per heavy atom. The highest BCUT2D eigenvalue weighted by Gasteiger charge is 2.73. The number of imide groups is 1. The summed E-state index contributed by atoms with van der Waals surface area (Å²) in [6.45, 7) is 0.758. The van der Waals surface area contributed by atoms with Crippen molar-refractivity contribution in [3.05, 3.63) is 12.2 Å². The molecule has 8 aliphatic rings. The summed E-state index contributed by atoms with van der Waals surface area (Å²) >= 11 is 0. The van der Waals surface area contributed by atoms with Crippen LogP contribution in [-0.4, -0.2) is 23.3 Å². The van der Waals surface area contributed by atoms with Crippen LogP contribution in [0.4, 0.5) is 0 Å². The summed E-state index contributed by atoms with van der Waals surface area (Å²) in [5.41, 5.74) is 0.607. The maximum atomic E-state index is 13.3. The normalized spacial score (nSPS) is 55.7. The molecule has 0 aromatic carbocycles. The van der Waals surface area contributed by atoms with E-state index in [0.29, 0.717) is 17.3 Å². The first-order valence-corrected chi connectivity index (χ1v) is 10.6. The highest BCUT2D eigenvalue weighted by molar-refractivity contribution is 6.06. The molecule has 1 saturated heterocycles. The van der Waals surface area contributed by atoms with Crippen LogP contribution < -0.4 is 0 Å². The van der Waals surface area contributed by atoms with Gasteiger partial charge in [0.05, 0.1) is 11.8 Å². The fourth-order valence-corrected chi connectivity index (χ4v) is 9.12. The number of fused-ring (bicyclic) bond motifs is 3. The molecule has 0 aromatic heterocycles. The topological polar surface area (TPSA) is 37.4 Å². The van der Waals surface area contributed by atoms with Gasteiger partial charge < -0.3 is 0 Å². The van der Waals surface area contributed by atoms with Crippen molar-refractivity contribution in [1.82, 2.24) is 4.90 Å². The smallest absolute Gasteiger partial charge is 0.233 e. The van der Waals surface area contributed by atoms with Crippen molar-refractivity contribution in [1.29, 1.82) is 0 Å². The second-order valence-corrected chi connectivity index (χ2v) is 10.9. The highest BCUT2D eigenvalue weighted by atomic mass is 16.2. The Kier molecular flexibility index (Phi) is 2.28. The first kappa shape index (κ1) is 14.0. The molecule has 3 heteroatoms. The average molecular weight is 337 g/mol. The summed E-state index contributed by atoms with van der Waals surface area (Å²) in [5, 5.41) is 0. The number of hydrogen-bond acceptors (Lipinski definition) is 2. The first-order valence-electron chi connectivity index (χ1n) is 10.6. The summed E-state index contributed by atoms with van der Waals surface area (Å²) in [6.07, 6.45) is 15.1. The van der Waals surface area contributed by atoms with E-state index in [9.17, 15) is 9.59 Å². The lowest BCUT2D eigenvalue weighted by molar-refractivity contribution is -0.147. The molecule has 8 rings (SSSR count). The number of allylic oxidation sites excluding steroid dienone is 2. The van der Waals surface area contributed by atoms with Gasteiger partial charge in [-0.05, 0) is 91.8 Å². The van der Waals surface area contributed by atoms with Gasteiger partial charge in [0.25, 0.3) is 0 Å².